The average molecular weight is 396 g/mol. The van der Waals surface area contributed by atoms with Crippen LogP contribution in [0.2, 0.25) is 0 Å². The summed E-state index contributed by atoms with van der Waals surface area (Å²) in [6.07, 6.45) is 1.10. The van der Waals surface area contributed by atoms with Crippen molar-refractivity contribution >= 4 is 49.2 Å². The van der Waals surface area contributed by atoms with Gasteiger partial charge in [0, 0.05) is 18.2 Å². The Morgan fingerprint density at radius 2 is 2.10 bits per heavy atom. The number of sulfonamides is 1. The topological polar surface area (TPSA) is 66.9 Å². The minimum atomic E-state index is -3.36. The lowest BCUT2D eigenvalue weighted by molar-refractivity contribution is 0.394. The van der Waals surface area contributed by atoms with Crippen molar-refractivity contribution in [2.75, 3.05) is 6.26 Å². The van der Waals surface area contributed by atoms with Gasteiger partial charge in [0.05, 0.1) is 21.8 Å². The van der Waals surface area contributed by atoms with Crippen molar-refractivity contribution in [2.45, 2.75) is 25.9 Å². The van der Waals surface area contributed by atoms with Crippen LogP contribution in [0.15, 0.2) is 16.6 Å². The van der Waals surface area contributed by atoms with Crippen LogP contribution in [0.25, 0.3) is 11.0 Å². The summed E-state index contributed by atoms with van der Waals surface area (Å²) in [4.78, 5) is 2.98. The summed E-state index contributed by atoms with van der Waals surface area (Å²) in [6, 6.07) is 2.97. The normalized spacial score (nSPS) is 13.0. The molecule has 5 nitrogen and oxygen atoms in total. The van der Waals surface area contributed by atoms with E-state index in [-0.39, 0.29) is 6.54 Å². The van der Waals surface area contributed by atoms with Crippen LogP contribution in [0, 0.1) is 10.6 Å². The van der Waals surface area contributed by atoms with Crippen LogP contribution in [-0.2, 0) is 16.6 Å². The Morgan fingerprint density at radius 1 is 1.48 bits per heavy atom. The molecule has 0 saturated heterocycles. The second-order valence-corrected chi connectivity index (χ2v) is 8.55. The lowest BCUT2D eigenvalue weighted by Gasteiger charge is -2.25. The quantitative estimate of drug-likeness (QED) is 0.781. The number of H-pyrrole nitrogens is 1. The van der Waals surface area contributed by atoms with E-state index in [4.69, 9.17) is 12.2 Å². The number of aromatic amines is 1. The first-order valence-electron chi connectivity index (χ1n) is 6.05. The summed E-state index contributed by atoms with van der Waals surface area (Å²) in [7, 11) is -3.36. The molecule has 0 aliphatic rings. The standard InChI is InChI=1S/C12H15BrFN3O2S2/c1-12(2,16-21(3,18)19)6-17-10-5-8(14)7(13)4-9(10)15-11(17)20/h4-5,16H,6H2,1-3H3,(H,15,20). The third-order valence-electron chi connectivity index (χ3n) is 2.83. The Kier molecular flexibility index (Phi) is 4.31. The number of hydrogen-bond donors (Lipinski definition) is 2. The monoisotopic (exact) mass is 395 g/mol. The van der Waals surface area contributed by atoms with Gasteiger partial charge < -0.3 is 9.55 Å². The molecule has 2 aromatic rings. The average Bonchev–Trinajstić information content (AvgIpc) is 2.53. The maximum Gasteiger partial charge on any atom is 0.209 e. The third-order valence-corrected chi connectivity index (χ3v) is 4.68. The van der Waals surface area contributed by atoms with E-state index in [1.54, 1.807) is 24.5 Å². The van der Waals surface area contributed by atoms with Crippen molar-refractivity contribution in [2.24, 2.45) is 0 Å². The highest BCUT2D eigenvalue weighted by Gasteiger charge is 2.24. The minimum Gasteiger partial charge on any atom is -0.331 e. The summed E-state index contributed by atoms with van der Waals surface area (Å²) >= 11 is 8.36. The fourth-order valence-corrected chi connectivity index (χ4v) is 3.92. The van der Waals surface area contributed by atoms with Gasteiger partial charge in [0.25, 0.3) is 0 Å². The van der Waals surface area contributed by atoms with Crippen LogP contribution < -0.4 is 4.72 Å². The fourth-order valence-electron chi connectivity index (χ4n) is 2.24. The first-order valence-corrected chi connectivity index (χ1v) is 9.14. The van der Waals surface area contributed by atoms with E-state index >= 15 is 0 Å². The molecule has 0 aliphatic heterocycles. The second-order valence-electron chi connectivity index (χ2n) is 5.56. The predicted octanol–water partition coefficient (Wildman–Crippen LogP) is 2.93. The Balaban J connectivity index is 2.50. The highest BCUT2D eigenvalue weighted by molar-refractivity contribution is 9.10. The molecule has 0 unspecified atom stereocenters. The van der Waals surface area contributed by atoms with Crippen molar-refractivity contribution < 1.29 is 12.8 Å². The van der Waals surface area contributed by atoms with Crippen LogP contribution in [0.5, 0.6) is 0 Å². The second kappa shape index (κ2) is 5.45. The minimum absolute atomic E-state index is 0.278. The van der Waals surface area contributed by atoms with E-state index in [9.17, 15) is 12.8 Å². The van der Waals surface area contributed by atoms with Crippen molar-refractivity contribution in [1.29, 1.82) is 0 Å². The summed E-state index contributed by atoms with van der Waals surface area (Å²) in [5.41, 5.74) is 0.511. The highest BCUT2D eigenvalue weighted by Crippen LogP contribution is 2.24. The molecule has 116 valence electrons. The van der Waals surface area contributed by atoms with Gasteiger partial charge in [-0.05, 0) is 48.1 Å². The molecule has 1 aromatic heterocycles. The van der Waals surface area contributed by atoms with Crippen LogP contribution >= 0.6 is 28.1 Å². The first kappa shape index (κ1) is 16.6. The molecule has 0 fully saturated rings. The summed E-state index contributed by atoms with van der Waals surface area (Å²) in [5.74, 6) is -0.404. The zero-order valence-corrected chi connectivity index (χ0v) is 14.9. The number of aromatic nitrogens is 2. The summed E-state index contributed by atoms with van der Waals surface area (Å²) in [6.45, 7) is 3.76. The van der Waals surface area contributed by atoms with E-state index < -0.39 is 21.4 Å². The molecular weight excluding hydrogens is 381 g/mol. The third kappa shape index (κ3) is 3.91. The zero-order valence-electron chi connectivity index (χ0n) is 11.7. The molecule has 1 heterocycles. The predicted molar refractivity (Wildman–Crippen MR) is 86.8 cm³/mol. The van der Waals surface area contributed by atoms with E-state index in [0.29, 0.717) is 20.3 Å². The van der Waals surface area contributed by atoms with Gasteiger partial charge in [-0.2, -0.15) is 0 Å². The van der Waals surface area contributed by atoms with Crippen molar-refractivity contribution in [1.82, 2.24) is 14.3 Å². The Hall–Kier alpha value is -0.770. The smallest absolute Gasteiger partial charge is 0.209 e. The number of rotatable bonds is 4. The number of nitrogens with zero attached hydrogens (tertiary/aromatic N) is 1. The zero-order chi connectivity index (χ0) is 16.0. The number of benzene rings is 1. The first-order chi connectivity index (χ1) is 9.48. The largest absolute Gasteiger partial charge is 0.331 e. The molecule has 2 rings (SSSR count). The Morgan fingerprint density at radius 3 is 2.67 bits per heavy atom. The maximum atomic E-state index is 13.7. The SMILES string of the molecule is CC(C)(Cn1c(=S)[nH]c2cc(Br)c(F)cc21)NS(C)(=O)=O. The number of imidazole rings is 1. The summed E-state index contributed by atoms with van der Waals surface area (Å²) in [5, 5.41) is 0. The number of hydrogen-bond acceptors (Lipinski definition) is 3. The molecule has 9 heteroatoms. The molecule has 0 spiro atoms. The Labute approximate surface area is 135 Å². The van der Waals surface area contributed by atoms with E-state index in [1.165, 1.54) is 6.07 Å². The number of fused-ring (bicyclic) bond motifs is 1. The molecule has 0 saturated carbocycles. The molecule has 0 amide bonds. The van der Waals surface area contributed by atoms with E-state index in [0.717, 1.165) is 6.26 Å². The maximum absolute atomic E-state index is 13.7. The molecule has 0 aliphatic carbocycles. The highest BCUT2D eigenvalue weighted by atomic mass is 79.9. The molecule has 0 atom stereocenters. The molecular formula is C12H15BrFN3O2S2. The van der Waals surface area contributed by atoms with Gasteiger partial charge in [-0.15, -0.1) is 0 Å². The van der Waals surface area contributed by atoms with Crippen molar-refractivity contribution in [3.63, 3.8) is 0 Å². The van der Waals surface area contributed by atoms with Gasteiger partial charge in [-0.25, -0.2) is 17.5 Å². The van der Waals surface area contributed by atoms with Gasteiger partial charge in [-0.3, -0.25) is 0 Å². The van der Waals surface area contributed by atoms with Crippen LogP contribution in [0.1, 0.15) is 13.8 Å². The van der Waals surface area contributed by atoms with E-state index in [2.05, 4.69) is 25.6 Å². The molecule has 2 N–H and O–H groups in total. The van der Waals surface area contributed by atoms with Crippen molar-refractivity contribution in [3.8, 4) is 0 Å². The molecule has 0 radical (unpaired) electrons. The van der Waals surface area contributed by atoms with Gasteiger partial charge in [0.2, 0.25) is 10.0 Å². The van der Waals surface area contributed by atoms with Crippen LogP contribution in [-0.4, -0.2) is 29.8 Å². The Bertz CT molecular complexity index is 855. The summed E-state index contributed by atoms with van der Waals surface area (Å²) < 4.78 is 41.5. The number of halogens is 2. The fraction of sp³-hybridized carbons (Fsp3) is 0.417. The molecule has 0 bridgehead atoms. The van der Waals surface area contributed by atoms with Crippen LogP contribution in [0.4, 0.5) is 4.39 Å². The lowest BCUT2D eigenvalue weighted by Crippen LogP contribution is -2.46. The van der Waals surface area contributed by atoms with Crippen molar-refractivity contribution in [3.05, 3.63) is 27.2 Å². The molecule has 21 heavy (non-hydrogen) atoms. The van der Waals surface area contributed by atoms with Gasteiger partial charge >= 0.3 is 0 Å². The number of nitrogens with one attached hydrogen (secondary N) is 2. The van der Waals surface area contributed by atoms with Gasteiger partial charge in [-0.1, -0.05) is 0 Å². The van der Waals surface area contributed by atoms with E-state index in [1.807, 2.05) is 0 Å². The van der Waals surface area contributed by atoms with Gasteiger partial charge in [0.15, 0.2) is 4.77 Å². The molecule has 1 aromatic carbocycles. The van der Waals surface area contributed by atoms with Crippen LogP contribution in [0.3, 0.4) is 0 Å². The lowest BCUT2D eigenvalue weighted by atomic mass is 10.1. The van der Waals surface area contributed by atoms with Gasteiger partial charge in [0.1, 0.15) is 5.82 Å².